The quantitative estimate of drug-likeness (QED) is 0.284. The summed E-state index contributed by atoms with van der Waals surface area (Å²) in [5, 5.41) is 6.97. The van der Waals surface area contributed by atoms with Crippen LogP contribution in [0.4, 0.5) is 0 Å². The summed E-state index contributed by atoms with van der Waals surface area (Å²) in [5.74, 6) is 2.87. The van der Waals surface area contributed by atoms with Crippen molar-refractivity contribution in [2.75, 3.05) is 45.8 Å². The number of furan rings is 2. The molecular weight excluding hydrogens is 505 g/mol. The lowest BCUT2D eigenvalue weighted by atomic mass is 10.2. The van der Waals surface area contributed by atoms with Crippen molar-refractivity contribution >= 4 is 29.9 Å². The predicted octanol–water partition coefficient (Wildman–Crippen LogP) is 4.02. The van der Waals surface area contributed by atoms with E-state index >= 15 is 0 Å². The van der Waals surface area contributed by atoms with Gasteiger partial charge in [0.1, 0.15) is 11.5 Å². The van der Waals surface area contributed by atoms with Crippen molar-refractivity contribution in [3.8, 4) is 0 Å². The molecule has 8 heteroatoms. The van der Waals surface area contributed by atoms with Crippen LogP contribution in [-0.2, 0) is 0 Å². The highest BCUT2D eigenvalue weighted by atomic mass is 127. The lowest BCUT2D eigenvalue weighted by Crippen LogP contribution is -2.43. The molecule has 2 aromatic rings. The Morgan fingerprint density at radius 2 is 1.45 bits per heavy atom. The molecule has 4 heterocycles. The second kappa shape index (κ2) is 12.5. The summed E-state index contributed by atoms with van der Waals surface area (Å²) >= 11 is 0. The Hall–Kier alpha value is -1.52. The van der Waals surface area contributed by atoms with E-state index in [0.29, 0.717) is 6.54 Å². The van der Waals surface area contributed by atoms with Gasteiger partial charge in [-0.3, -0.25) is 14.8 Å². The van der Waals surface area contributed by atoms with Gasteiger partial charge in [0, 0.05) is 13.1 Å². The zero-order valence-electron chi connectivity index (χ0n) is 18.5. The van der Waals surface area contributed by atoms with Gasteiger partial charge in [-0.15, -0.1) is 24.0 Å². The normalized spacial score (nSPS) is 19.8. The minimum atomic E-state index is 0. The topological polar surface area (TPSA) is 69.2 Å². The number of guanidine groups is 1. The van der Waals surface area contributed by atoms with Gasteiger partial charge in [-0.25, -0.2) is 0 Å². The third-order valence-electron chi connectivity index (χ3n) is 6.14. The molecule has 0 bridgehead atoms. The van der Waals surface area contributed by atoms with E-state index in [0.717, 1.165) is 56.7 Å². The summed E-state index contributed by atoms with van der Waals surface area (Å²) < 4.78 is 11.5. The van der Waals surface area contributed by atoms with Crippen LogP contribution in [0, 0.1) is 0 Å². The van der Waals surface area contributed by atoms with Gasteiger partial charge in [0.15, 0.2) is 5.96 Å². The predicted molar refractivity (Wildman–Crippen MR) is 134 cm³/mol. The van der Waals surface area contributed by atoms with Crippen LogP contribution in [0.1, 0.15) is 56.2 Å². The van der Waals surface area contributed by atoms with Crippen molar-refractivity contribution in [1.29, 1.82) is 0 Å². The Bertz CT molecular complexity index is 753. The maximum Gasteiger partial charge on any atom is 0.191 e. The van der Waals surface area contributed by atoms with E-state index in [2.05, 4.69) is 39.5 Å². The molecule has 31 heavy (non-hydrogen) atoms. The molecule has 2 fully saturated rings. The summed E-state index contributed by atoms with van der Waals surface area (Å²) in [4.78, 5) is 9.93. The number of aliphatic imine (C=N–C) groups is 1. The molecule has 0 radical (unpaired) electrons. The Kier molecular flexibility index (Phi) is 9.73. The molecular formula is C23H36IN5O2. The Morgan fingerprint density at radius 3 is 1.97 bits per heavy atom. The van der Waals surface area contributed by atoms with E-state index in [9.17, 15) is 0 Å². The van der Waals surface area contributed by atoms with E-state index < -0.39 is 0 Å². The van der Waals surface area contributed by atoms with Gasteiger partial charge in [-0.1, -0.05) is 0 Å². The molecule has 0 aromatic carbocycles. The minimum absolute atomic E-state index is 0. The zero-order valence-corrected chi connectivity index (χ0v) is 20.8. The third kappa shape index (κ3) is 6.49. The smallest absolute Gasteiger partial charge is 0.191 e. The van der Waals surface area contributed by atoms with E-state index in [1.165, 1.54) is 25.7 Å². The van der Waals surface area contributed by atoms with Crippen molar-refractivity contribution < 1.29 is 8.83 Å². The molecule has 0 spiro atoms. The number of nitrogens with one attached hydrogen (secondary N) is 2. The average molecular weight is 541 g/mol. The maximum absolute atomic E-state index is 5.75. The largest absolute Gasteiger partial charge is 0.468 e. The highest BCUT2D eigenvalue weighted by Crippen LogP contribution is 2.26. The van der Waals surface area contributed by atoms with Crippen molar-refractivity contribution in [3.63, 3.8) is 0 Å². The fourth-order valence-electron chi connectivity index (χ4n) is 4.58. The highest BCUT2D eigenvalue weighted by Gasteiger charge is 2.27. The number of hydrogen-bond acceptors (Lipinski definition) is 5. The Morgan fingerprint density at radius 1 is 0.903 bits per heavy atom. The second-order valence-corrected chi connectivity index (χ2v) is 8.15. The standard InChI is InChI=1S/C23H35N5O2.HI/c1-2-24-23(25-17-19(21-9-7-15-29-21)27-11-3-4-12-27)26-18-20(22-10-8-16-30-22)28-13-5-6-14-28;/h7-10,15-16,19-20H,2-6,11-14,17-18H2,1H3,(H2,24,25,26);1H. The molecule has 0 amide bonds. The summed E-state index contributed by atoms with van der Waals surface area (Å²) in [5.41, 5.74) is 0. The van der Waals surface area contributed by atoms with Crippen molar-refractivity contribution in [2.24, 2.45) is 4.99 Å². The molecule has 2 saturated heterocycles. The van der Waals surface area contributed by atoms with Crippen LogP contribution in [0.15, 0.2) is 50.6 Å². The molecule has 2 aliphatic rings. The van der Waals surface area contributed by atoms with E-state index in [1.54, 1.807) is 12.5 Å². The molecule has 2 atom stereocenters. The number of likely N-dealkylation sites (tertiary alicyclic amines) is 2. The molecule has 2 aromatic heterocycles. The van der Waals surface area contributed by atoms with Crippen LogP contribution < -0.4 is 10.6 Å². The molecule has 4 rings (SSSR count). The van der Waals surface area contributed by atoms with Crippen molar-refractivity contribution in [2.45, 2.75) is 44.7 Å². The molecule has 0 aliphatic carbocycles. The van der Waals surface area contributed by atoms with Crippen molar-refractivity contribution in [1.82, 2.24) is 20.4 Å². The number of rotatable bonds is 9. The zero-order chi connectivity index (χ0) is 20.6. The third-order valence-corrected chi connectivity index (χ3v) is 6.14. The summed E-state index contributed by atoms with van der Waals surface area (Å²) in [6.45, 7) is 8.85. The van der Waals surface area contributed by atoms with Gasteiger partial charge in [0.2, 0.25) is 0 Å². The molecule has 0 saturated carbocycles. The first-order chi connectivity index (χ1) is 14.8. The fraction of sp³-hybridized carbons (Fsp3) is 0.609. The summed E-state index contributed by atoms with van der Waals surface area (Å²) in [6, 6.07) is 8.51. The number of halogens is 1. The van der Waals surface area contributed by atoms with Crippen molar-refractivity contribution in [3.05, 3.63) is 48.3 Å². The lowest BCUT2D eigenvalue weighted by molar-refractivity contribution is 0.214. The van der Waals surface area contributed by atoms with Crippen LogP contribution in [0.25, 0.3) is 0 Å². The maximum atomic E-state index is 5.75. The van der Waals surface area contributed by atoms with Gasteiger partial charge in [-0.2, -0.15) is 0 Å². The molecule has 172 valence electrons. The van der Waals surface area contributed by atoms with Gasteiger partial charge in [0.05, 0.1) is 31.2 Å². The summed E-state index contributed by atoms with van der Waals surface area (Å²) in [7, 11) is 0. The number of hydrogen-bond donors (Lipinski definition) is 2. The lowest BCUT2D eigenvalue weighted by Gasteiger charge is -2.27. The highest BCUT2D eigenvalue weighted by molar-refractivity contribution is 14.0. The first-order valence-corrected chi connectivity index (χ1v) is 11.4. The number of nitrogens with zero attached hydrogens (tertiary/aromatic N) is 3. The van der Waals surface area contributed by atoms with Gasteiger partial charge < -0.3 is 19.5 Å². The SMILES string of the molecule is CCNC(=NCC(c1ccco1)N1CCCC1)NCC(c1ccco1)N1CCCC1.I. The van der Waals surface area contributed by atoms with E-state index in [1.807, 2.05) is 12.1 Å². The molecule has 2 unspecified atom stereocenters. The van der Waals surface area contributed by atoms with E-state index in [-0.39, 0.29) is 36.1 Å². The van der Waals surface area contributed by atoms with Crippen LogP contribution in [-0.4, -0.2) is 61.6 Å². The minimum Gasteiger partial charge on any atom is -0.468 e. The monoisotopic (exact) mass is 541 g/mol. The fourth-order valence-corrected chi connectivity index (χ4v) is 4.58. The molecule has 2 aliphatic heterocycles. The molecule has 7 nitrogen and oxygen atoms in total. The van der Waals surface area contributed by atoms with Gasteiger partial charge in [-0.05, 0) is 83.1 Å². The average Bonchev–Trinajstić information content (AvgIpc) is 3.58. The summed E-state index contributed by atoms with van der Waals surface area (Å²) in [6.07, 6.45) is 8.54. The molecule has 2 N–H and O–H groups in total. The van der Waals surface area contributed by atoms with Crippen LogP contribution in [0.5, 0.6) is 0 Å². The Labute approximate surface area is 202 Å². The second-order valence-electron chi connectivity index (χ2n) is 8.15. The van der Waals surface area contributed by atoms with Gasteiger partial charge >= 0.3 is 0 Å². The van der Waals surface area contributed by atoms with Crippen LogP contribution in [0.2, 0.25) is 0 Å². The van der Waals surface area contributed by atoms with Crippen LogP contribution in [0.3, 0.4) is 0 Å². The first-order valence-electron chi connectivity index (χ1n) is 11.4. The van der Waals surface area contributed by atoms with E-state index in [4.69, 9.17) is 13.8 Å². The first kappa shape index (κ1) is 24.1. The van der Waals surface area contributed by atoms with Gasteiger partial charge in [0.25, 0.3) is 0 Å². The van der Waals surface area contributed by atoms with Crippen LogP contribution >= 0.6 is 24.0 Å². The Balaban J connectivity index is 0.00000272.